The smallest absolute Gasteiger partial charge is 0.248 e. The minimum atomic E-state index is -0.157. The molecule has 1 aromatic carbocycles. The van der Waals surface area contributed by atoms with E-state index < -0.39 is 0 Å². The van der Waals surface area contributed by atoms with Crippen molar-refractivity contribution < 1.29 is 4.79 Å². The number of carbonyl (C=O) groups excluding carboxylic acids is 1. The van der Waals surface area contributed by atoms with Crippen LogP contribution in [0.15, 0.2) is 59.4 Å². The lowest BCUT2D eigenvalue weighted by molar-refractivity contribution is -0.111. The van der Waals surface area contributed by atoms with Crippen molar-refractivity contribution in [3.05, 3.63) is 59.8 Å². The topological polar surface area (TPSA) is 54.9 Å². The lowest BCUT2D eigenvalue weighted by Crippen LogP contribution is -2.07. The van der Waals surface area contributed by atoms with E-state index in [1.165, 1.54) is 27.7 Å². The summed E-state index contributed by atoms with van der Waals surface area (Å²) in [5.74, 6) is -0.157. The van der Waals surface area contributed by atoms with E-state index in [0.717, 1.165) is 11.3 Å². The summed E-state index contributed by atoms with van der Waals surface area (Å²) in [6, 6.07) is 9.43. The van der Waals surface area contributed by atoms with Crippen LogP contribution in [0.1, 0.15) is 5.56 Å². The highest BCUT2D eigenvalue weighted by atomic mass is 33.1. The molecule has 0 saturated heterocycles. The van der Waals surface area contributed by atoms with Gasteiger partial charge >= 0.3 is 0 Å². The number of nitrogens with one attached hydrogen (secondary N) is 1. The molecule has 0 spiro atoms. The monoisotopic (exact) mass is 303 g/mol. The van der Waals surface area contributed by atoms with Crippen LogP contribution in [-0.2, 0) is 4.79 Å². The molecule has 2 rings (SSSR count). The summed E-state index contributed by atoms with van der Waals surface area (Å²) >= 11 is 0. The molecule has 102 valence electrons. The molecular weight excluding hydrogens is 290 g/mol. The Labute approximate surface area is 125 Å². The van der Waals surface area contributed by atoms with Crippen molar-refractivity contribution in [2.45, 2.75) is 12.1 Å². The van der Waals surface area contributed by atoms with Gasteiger partial charge in [0, 0.05) is 24.2 Å². The van der Waals surface area contributed by atoms with Crippen molar-refractivity contribution >= 4 is 33.2 Å². The van der Waals surface area contributed by atoms with Gasteiger partial charge < -0.3 is 5.32 Å². The molecule has 1 N–H and O–H groups in total. The van der Waals surface area contributed by atoms with Gasteiger partial charge in [0.05, 0.1) is 0 Å². The fraction of sp³-hybridized carbons (Fsp3) is 0.0714. The van der Waals surface area contributed by atoms with E-state index in [2.05, 4.69) is 15.3 Å². The van der Waals surface area contributed by atoms with Gasteiger partial charge in [0.2, 0.25) is 5.91 Å². The molecule has 4 nitrogen and oxygen atoms in total. The number of hydrogen-bond donors (Lipinski definition) is 1. The van der Waals surface area contributed by atoms with Gasteiger partial charge in [-0.2, -0.15) is 0 Å². The number of rotatable bonds is 5. The highest BCUT2D eigenvalue weighted by Gasteiger charge is 1.98. The first-order chi connectivity index (χ1) is 9.74. The van der Waals surface area contributed by atoms with Crippen LogP contribution in [0.4, 0.5) is 5.69 Å². The largest absolute Gasteiger partial charge is 0.322 e. The Morgan fingerprint density at radius 3 is 2.60 bits per heavy atom. The molecule has 0 fully saturated rings. The first-order valence-corrected chi connectivity index (χ1v) is 8.10. The Hall–Kier alpha value is -1.79. The minimum Gasteiger partial charge on any atom is -0.322 e. The van der Waals surface area contributed by atoms with Crippen LogP contribution >= 0.6 is 21.6 Å². The Balaban J connectivity index is 1.76. The normalized spacial score (nSPS) is 10.7. The van der Waals surface area contributed by atoms with E-state index in [-0.39, 0.29) is 5.91 Å². The second kappa shape index (κ2) is 7.72. The molecule has 2 aromatic rings. The van der Waals surface area contributed by atoms with Crippen LogP contribution in [0.5, 0.6) is 0 Å². The van der Waals surface area contributed by atoms with E-state index in [0.29, 0.717) is 5.16 Å². The molecule has 0 unspecified atom stereocenters. The number of amides is 1. The lowest BCUT2D eigenvalue weighted by Gasteiger charge is -2.01. The van der Waals surface area contributed by atoms with Crippen molar-refractivity contribution in [3.63, 3.8) is 0 Å². The molecule has 0 saturated carbocycles. The highest BCUT2D eigenvalue weighted by Crippen LogP contribution is 2.28. The van der Waals surface area contributed by atoms with Crippen LogP contribution < -0.4 is 5.32 Å². The summed E-state index contributed by atoms with van der Waals surface area (Å²) in [6.07, 6.45) is 4.86. The van der Waals surface area contributed by atoms with Crippen LogP contribution in [0.3, 0.4) is 0 Å². The Bertz CT molecular complexity index is 585. The van der Waals surface area contributed by atoms with Crippen molar-refractivity contribution in [1.82, 2.24) is 9.97 Å². The van der Waals surface area contributed by atoms with Crippen molar-refractivity contribution in [1.29, 1.82) is 0 Å². The van der Waals surface area contributed by atoms with Crippen LogP contribution in [0.25, 0.3) is 0 Å². The number of hydrogen-bond acceptors (Lipinski definition) is 5. The summed E-state index contributed by atoms with van der Waals surface area (Å²) in [5.41, 5.74) is 1.95. The average molecular weight is 303 g/mol. The molecular formula is C14H13N3OS2. The molecule has 0 aliphatic heterocycles. The SMILES string of the molecule is Cc1ccc(NC(=O)/C=C/SSc2ncccn2)cc1. The Morgan fingerprint density at radius 1 is 1.20 bits per heavy atom. The van der Waals surface area contributed by atoms with Gasteiger partial charge in [0.15, 0.2) is 5.16 Å². The second-order valence-electron chi connectivity index (χ2n) is 3.87. The minimum absolute atomic E-state index is 0.157. The van der Waals surface area contributed by atoms with E-state index in [4.69, 9.17) is 0 Å². The van der Waals surface area contributed by atoms with Gasteiger partial charge in [0.25, 0.3) is 0 Å². The van der Waals surface area contributed by atoms with Gasteiger partial charge in [0.1, 0.15) is 0 Å². The highest BCUT2D eigenvalue weighted by molar-refractivity contribution is 8.77. The van der Waals surface area contributed by atoms with E-state index in [1.807, 2.05) is 31.2 Å². The number of carbonyl (C=O) groups is 1. The van der Waals surface area contributed by atoms with Crippen LogP contribution in [0, 0.1) is 6.92 Å². The van der Waals surface area contributed by atoms with Crippen molar-refractivity contribution in [3.8, 4) is 0 Å². The lowest BCUT2D eigenvalue weighted by atomic mass is 10.2. The third kappa shape index (κ3) is 5.07. The summed E-state index contributed by atoms with van der Waals surface area (Å²) in [5, 5.41) is 5.17. The summed E-state index contributed by atoms with van der Waals surface area (Å²) < 4.78 is 0. The van der Waals surface area contributed by atoms with Gasteiger partial charge in [-0.3, -0.25) is 4.79 Å². The maximum atomic E-state index is 11.7. The third-order valence-corrected chi connectivity index (χ3v) is 4.03. The molecule has 1 heterocycles. The summed E-state index contributed by atoms with van der Waals surface area (Å²) in [7, 11) is 2.80. The first-order valence-electron chi connectivity index (χ1n) is 5.88. The second-order valence-corrected chi connectivity index (χ2v) is 5.94. The zero-order valence-corrected chi connectivity index (χ0v) is 12.4. The number of aryl methyl sites for hydroxylation is 1. The predicted molar refractivity (Wildman–Crippen MR) is 84.4 cm³/mol. The fourth-order valence-corrected chi connectivity index (χ4v) is 2.69. The number of benzene rings is 1. The van der Waals surface area contributed by atoms with Gasteiger partial charge in [-0.1, -0.05) is 28.5 Å². The van der Waals surface area contributed by atoms with Gasteiger partial charge in [-0.15, -0.1) is 0 Å². The standard InChI is InChI=1S/C14H13N3OS2/c1-11-3-5-12(6-4-11)17-13(18)7-10-19-20-14-15-8-2-9-16-14/h2-10H,1H3,(H,17,18)/b10-7+. The Morgan fingerprint density at radius 2 is 1.90 bits per heavy atom. The summed E-state index contributed by atoms with van der Waals surface area (Å²) in [4.78, 5) is 19.8. The molecule has 0 aliphatic rings. The van der Waals surface area contributed by atoms with Crippen LogP contribution in [0.2, 0.25) is 0 Å². The zero-order chi connectivity index (χ0) is 14.2. The first kappa shape index (κ1) is 14.6. The Kier molecular flexibility index (Phi) is 5.64. The van der Waals surface area contributed by atoms with Crippen molar-refractivity contribution in [2.24, 2.45) is 0 Å². The molecule has 20 heavy (non-hydrogen) atoms. The average Bonchev–Trinajstić information content (AvgIpc) is 2.47. The van der Waals surface area contributed by atoms with Gasteiger partial charge in [-0.25, -0.2) is 9.97 Å². The van der Waals surface area contributed by atoms with E-state index in [1.54, 1.807) is 23.9 Å². The number of anilines is 1. The third-order valence-electron chi connectivity index (χ3n) is 2.26. The molecule has 0 atom stereocenters. The molecule has 1 aromatic heterocycles. The maximum absolute atomic E-state index is 11.7. The molecule has 0 bridgehead atoms. The molecule has 0 radical (unpaired) electrons. The van der Waals surface area contributed by atoms with Crippen molar-refractivity contribution in [2.75, 3.05) is 5.32 Å². The van der Waals surface area contributed by atoms with E-state index in [9.17, 15) is 4.79 Å². The molecule has 6 heteroatoms. The number of aromatic nitrogens is 2. The van der Waals surface area contributed by atoms with E-state index >= 15 is 0 Å². The number of nitrogens with zero attached hydrogens (tertiary/aromatic N) is 2. The maximum Gasteiger partial charge on any atom is 0.248 e. The molecule has 0 aliphatic carbocycles. The predicted octanol–water partition coefficient (Wildman–Crippen LogP) is 3.68. The summed E-state index contributed by atoms with van der Waals surface area (Å²) in [6.45, 7) is 2.00. The fourth-order valence-electron chi connectivity index (χ4n) is 1.31. The zero-order valence-electron chi connectivity index (χ0n) is 10.8. The van der Waals surface area contributed by atoms with Gasteiger partial charge in [-0.05, 0) is 41.3 Å². The molecule has 1 amide bonds. The van der Waals surface area contributed by atoms with Crippen LogP contribution in [-0.4, -0.2) is 15.9 Å². The quantitative estimate of drug-likeness (QED) is 0.519.